The van der Waals surface area contributed by atoms with Crippen molar-refractivity contribution in [2.24, 2.45) is 57.2 Å². The highest BCUT2D eigenvalue weighted by Gasteiger charge is 2.69. The Morgan fingerprint density at radius 3 is 2.29 bits per heavy atom. The monoisotopic (exact) mass is 524 g/mol. The lowest BCUT2D eigenvalue weighted by atomic mass is 9.35. The average Bonchev–Trinajstić information content (AvgIpc) is 2.81. The standard InChI is InChI=1S/C35H56O3/c1-21-12-13-25(14-17-32(5)15-10-9-11-16-32)26-19-33(6)20-34(7)18-22(2)27(24(4)36)31(38)35(34,8)23(3)29(33)30(37)28(21)26/h21,23-26,28-29,36H,9-20H2,1-8H3. The van der Waals surface area contributed by atoms with Gasteiger partial charge >= 0.3 is 0 Å². The molecule has 214 valence electrons. The highest BCUT2D eigenvalue weighted by molar-refractivity contribution is 6.03. The first-order chi connectivity index (χ1) is 17.7. The minimum atomic E-state index is -0.749. The normalized spacial score (nSPS) is 47.7. The van der Waals surface area contributed by atoms with Crippen LogP contribution in [0, 0.1) is 57.2 Å². The van der Waals surface area contributed by atoms with E-state index in [9.17, 15) is 14.7 Å². The summed E-state index contributed by atoms with van der Waals surface area (Å²) >= 11 is 0. The smallest absolute Gasteiger partial charge is 0.168 e. The van der Waals surface area contributed by atoms with Crippen molar-refractivity contribution in [2.45, 2.75) is 139 Å². The molecule has 3 heteroatoms. The fourth-order valence-electron chi connectivity index (χ4n) is 11.6. The molecule has 0 aromatic rings. The zero-order chi connectivity index (χ0) is 27.8. The van der Waals surface area contributed by atoms with Gasteiger partial charge < -0.3 is 5.11 Å². The Hall–Kier alpha value is -0.960. The molecule has 3 nitrogen and oxygen atoms in total. The number of fused-ring (bicyclic) bond motifs is 3. The van der Waals surface area contributed by atoms with Gasteiger partial charge in [0.15, 0.2) is 5.78 Å². The van der Waals surface area contributed by atoms with Crippen LogP contribution in [0.3, 0.4) is 0 Å². The molecule has 4 saturated carbocycles. The quantitative estimate of drug-likeness (QED) is 0.402. The largest absolute Gasteiger partial charge is 0.389 e. The second-order valence-corrected chi connectivity index (χ2v) is 16.3. The number of carbonyl (C=O) groups excluding carboxylic acids is 2. The van der Waals surface area contributed by atoms with Gasteiger partial charge in [-0.05, 0) is 112 Å². The minimum absolute atomic E-state index is 0.0113. The summed E-state index contributed by atoms with van der Waals surface area (Å²) in [5.74, 6) is 2.31. The summed E-state index contributed by atoms with van der Waals surface area (Å²) < 4.78 is 0. The third-order valence-electron chi connectivity index (χ3n) is 13.6. The molecule has 0 amide bonds. The third kappa shape index (κ3) is 4.14. The van der Waals surface area contributed by atoms with E-state index in [1.54, 1.807) is 6.92 Å². The summed E-state index contributed by atoms with van der Waals surface area (Å²) in [5.41, 5.74) is 1.32. The van der Waals surface area contributed by atoms with Gasteiger partial charge in [-0.2, -0.15) is 0 Å². The average molecular weight is 525 g/mol. The van der Waals surface area contributed by atoms with Crippen LogP contribution in [0.4, 0.5) is 0 Å². The molecule has 0 saturated heterocycles. The number of aliphatic hydroxyl groups is 1. The zero-order valence-corrected chi connectivity index (χ0v) is 25.8. The van der Waals surface area contributed by atoms with E-state index in [4.69, 9.17) is 0 Å². The second kappa shape index (κ2) is 9.56. The molecule has 1 N–H and O–H groups in total. The van der Waals surface area contributed by atoms with Crippen LogP contribution in [0.5, 0.6) is 0 Å². The maximum atomic E-state index is 14.7. The lowest BCUT2D eigenvalue weighted by Gasteiger charge is -2.67. The Morgan fingerprint density at radius 2 is 1.66 bits per heavy atom. The number of allylic oxidation sites excluding steroid dienone is 1. The first-order valence-electron chi connectivity index (χ1n) is 16.1. The van der Waals surface area contributed by atoms with Crippen LogP contribution in [0.25, 0.3) is 0 Å². The van der Waals surface area contributed by atoms with Gasteiger partial charge in [-0.1, -0.05) is 66.4 Å². The molecule has 0 aromatic carbocycles. The molecule has 38 heavy (non-hydrogen) atoms. The van der Waals surface area contributed by atoms with Gasteiger partial charge in [0.2, 0.25) is 0 Å². The predicted molar refractivity (Wildman–Crippen MR) is 155 cm³/mol. The summed E-state index contributed by atoms with van der Waals surface area (Å²) in [6.45, 7) is 17.7. The van der Waals surface area contributed by atoms with E-state index in [1.165, 1.54) is 57.8 Å². The molecule has 10 atom stereocenters. The summed E-state index contributed by atoms with van der Waals surface area (Å²) in [7, 11) is 0. The predicted octanol–water partition coefficient (Wildman–Crippen LogP) is 8.33. The number of hydrogen-bond donors (Lipinski definition) is 1. The minimum Gasteiger partial charge on any atom is -0.389 e. The van der Waals surface area contributed by atoms with Crippen LogP contribution in [0.2, 0.25) is 0 Å². The van der Waals surface area contributed by atoms with Gasteiger partial charge in [0, 0.05) is 22.8 Å². The number of hydrogen-bond acceptors (Lipinski definition) is 3. The molecule has 5 rings (SSSR count). The van der Waals surface area contributed by atoms with E-state index in [-0.39, 0.29) is 34.4 Å². The highest BCUT2D eigenvalue weighted by Crippen LogP contribution is 2.70. The summed E-state index contributed by atoms with van der Waals surface area (Å²) in [6, 6.07) is 0. The number of rotatable bonds is 4. The number of Topliss-reactive ketones (excluding diaryl/α,β-unsaturated/α-hetero) is 2. The summed E-state index contributed by atoms with van der Waals surface area (Å²) in [5, 5.41) is 10.6. The molecule has 0 radical (unpaired) electrons. The lowest BCUT2D eigenvalue weighted by molar-refractivity contribution is -0.189. The van der Waals surface area contributed by atoms with Crippen molar-refractivity contribution in [1.82, 2.24) is 0 Å². The molecule has 0 aliphatic heterocycles. The maximum absolute atomic E-state index is 14.7. The van der Waals surface area contributed by atoms with E-state index in [0.29, 0.717) is 34.5 Å². The molecular weight excluding hydrogens is 468 g/mol. The molecule has 0 aromatic heterocycles. The van der Waals surface area contributed by atoms with Gasteiger partial charge in [0.25, 0.3) is 0 Å². The highest BCUT2D eigenvalue weighted by atomic mass is 16.3. The number of ketones is 2. The third-order valence-corrected chi connectivity index (χ3v) is 13.6. The van der Waals surface area contributed by atoms with Crippen LogP contribution in [0.1, 0.15) is 132 Å². The SMILES string of the molecule is CC1=C(C(C)O)C(=O)C2(C)C(C)C3C(=O)C4C(C)CCC(CCC5(C)CCCCC5)C4CC3(C)CC2(C)C1. The first kappa shape index (κ1) is 28.6. The van der Waals surface area contributed by atoms with Crippen LogP contribution in [-0.4, -0.2) is 22.8 Å². The Labute approximate surface area is 233 Å². The molecule has 0 spiro atoms. The van der Waals surface area contributed by atoms with Crippen molar-refractivity contribution >= 4 is 11.6 Å². The zero-order valence-electron chi connectivity index (χ0n) is 25.8. The van der Waals surface area contributed by atoms with E-state index in [1.807, 2.05) is 0 Å². The van der Waals surface area contributed by atoms with Crippen molar-refractivity contribution in [3.8, 4) is 0 Å². The molecule has 0 heterocycles. The Balaban J connectivity index is 1.47. The summed E-state index contributed by atoms with van der Waals surface area (Å²) in [6.07, 6.45) is 14.2. The van der Waals surface area contributed by atoms with Crippen LogP contribution >= 0.6 is 0 Å². The van der Waals surface area contributed by atoms with Crippen molar-refractivity contribution in [3.63, 3.8) is 0 Å². The van der Waals surface area contributed by atoms with E-state index < -0.39 is 11.5 Å². The first-order valence-corrected chi connectivity index (χ1v) is 16.1. The topological polar surface area (TPSA) is 54.4 Å². The van der Waals surface area contributed by atoms with Crippen LogP contribution in [-0.2, 0) is 9.59 Å². The van der Waals surface area contributed by atoms with E-state index in [0.717, 1.165) is 24.8 Å². The lowest BCUT2D eigenvalue weighted by Crippen LogP contribution is -2.66. The Kier molecular flexibility index (Phi) is 7.18. The van der Waals surface area contributed by atoms with E-state index >= 15 is 0 Å². The van der Waals surface area contributed by atoms with Gasteiger partial charge in [-0.15, -0.1) is 0 Å². The fraction of sp³-hybridized carbons (Fsp3) is 0.886. The molecule has 0 bridgehead atoms. The van der Waals surface area contributed by atoms with Crippen molar-refractivity contribution in [1.29, 1.82) is 0 Å². The molecule has 10 unspecified atom stereocenters. The molecule has 4 fully saturated rings. The number of aliphatic hydroxyl groups excluding tert-OH is 1. The van der Waals surface area contributed by atoms with Crippen LogP contribution < -0.4 is 0 Å². The summed E-state index contributed by atoms with van der Waals surface area (Å²) in [4.78, 5) is 28.8. The fourth-order valence-corrected chi connectivity index (χ4v) is 11.6. The molecule has 5 aliphatic carbocycles. The second-order valence-electron chi connectivity index (χ2n) is 16.3. The van der Waals surface area contributed by atoms with Gasteiger partial charge in [-0.3, -0.25) is 9.59 Å². The van der Waals surface area contributed by atoms with E-state index in [2.05, 4.69) is 48.5 Å². The number of carbonyl (C=O) groups is 2. The Bertz CT molecular complexity index is 1000. The van der Waals surface area contributed by atoms with Gasteiger partial charge in [-0.25, -0.2) is 0 Å². The maximum Gasteiger partial charge on any atom is 0.168 e. The molecule has 5 aliphatic rings. The van der Waals surface area contributed by atoms with Crippen molar-refractivity contribution in [3.05, 3.63) is 11.1 Å². The molecular formula is C35H56O3. The van der Waals surface area contributed by atoms with Gasteiger partial charge in [0.1, 0.15) is 5.78 Å². The van der Waals surface area contributed by atoms with Crippen molar-refractivity contribution in [2.75, 3.05) is 0 Å². The van der Waals surface area contributed by atoms with Gasteiger partial charge in [0.05, 0.1) is 6.10 Å². The Morgan fingerprint density at radius 1 is 1.00 bits per heavy atom. The van der Waals surface area contributed by atoms with Crippen LogP contribution in [0.15, 0.2) is 11.1 Å². The van der Waals surface area contributed by atoms with Crippen molar-refractivity contribution < 1.29 is 14.7 Å².